The van der Waals surface area contributed by atoms with E-state index in [0.717, 1.165) is 16.9 Å². The van der Waals surface area contributed by atoms with Gasteiger partial charge in [-0.2, -0.15) is 0 Å². The summed E-state index contributed by atoms with van der Waals surface area (Å²) in [4.78, 5) is 12.8. The number of halogens is 1. The van der Waals surface area contributed by atoms with Gasteiger partial charge in [-0.3, -0.25) is 0 Å². The van der Waals surface area contributed by atoms with Gasteiger partial charge in [0.05, 0.1) is 16.3 Å². The van der Waals surface area contributed by atoms with E-state index in [-0.39, 0.29) is 5.56 Å². The quantitative estimate of drug-likeness (QED) is 0.916. The van der Waals surface area contributed by atoms with Crippen LogP contribution in [0.3, 0.4) is 0 Å². The molecule has 0 aromatic heterocycles. The predicted octanol–water partition coefficient (Wildman–Crippen LogP) is 4.11. The first-order valence-electron chi connectivity index (χ1n) is 5.82. The van der Waals surface area contributed by atoms with Crippen LogP contribution < -0.4 is 4.90 Å². The third-order valence-electron chi connectivity index (χ3n) is 2.94. The van der Waals surface area contributed by atoms with E-state index in [1.807, 2.05) is 43.1 Å². The van der Waals surface area contributed by atoms with Crippen LogP contribution in [0.15, 0.2) is 42.5 Å². The number of carboxylic acid groups (broad SMARTS) is 1. The van der Waals surface area contributed by atoms with Crippen molar-refractivity contribution >= 4 is 28.9 Å². The minimum Gasteiger partial charge on any atom is -0.478 e. The summed E-state index contributed by atoms with van der Waals surface area (Å²) in [5.74, 6) is -0.940. The minimum atomic E-state index is -0.940. The molecule has 98 valence electrons. The van der Waals surface area contributed by atoms with Crippen molar-refractivity contribution in [1.82, 2.24) is 0 Å². The lowest BCUT2D eigenvalue weighted by atomic mass is 10.1. The Hall–Kier alpha value is -2.00. The Balaban J connectivity index is 2.41. The molecule has 2 aromatic rings. The molecule has 0 saturated heterocycles. The number of hydrogen-bond donors (Lipinski definition) is 1. The number of nitrogens with zero attached hydrogens (tertiary/aromatic N) is 1. The fourth-order valence-corrected chi connectivity index (χ4v) is 2.23. The number of benzene rings is 2. The van der Waals surface area contributed by atoms with Gasteiger partial charge in [-0.1, -0.05) is 23.7 Å². The second kappa shape index (κ2) is 5.33. The number of rotatable bonds is 3. The van der Waals surface area contributed by atoms with E-state index in [2.05, 4.69) is 0 Å². The fraction of sp³-hybridized carbons (Fsp3) is 0.133. The highest BCUT2D eigenvalue weighted by molar-refractivity contribution is 6.33. The second-order valence-corrected chi connectivity index (χ2v) is 4.78. The molecule has 3 nitrogen and oxygen atoms in total. The van der Waals surface area contributed by atoms with E-state index in [9.17, 15) is 4.79 Å². The van der Waals surface area contributed by atoms with E-state index >= 15 is 0 Å². The molecular formula is C15H14ClNO2. The first-order chi connectivity index (χ1) is 8.99. The molecule has 0 aliphatic rings. The minimum absolute atomic E-state index is 0.257. The van der Waals surface area contributed by atoms with Crippen molar-refractivity contribution in [2.75, 3.05) is 11.9 Å². The van der Waals surface area contributed by atoms with Crippen LogP contribution in [0.25, 0.3) is 0 Å². The molecule has 0 fully saturated rings. The summed E-state index contributed by atoms with van der Waals surface area (Å²) in [6.45, 7) is 1.97. The van der Waals surface area contributed by atoms with Crippen LogP contribution in [0.1, 0.15) is 15.9 Å². The van der Waals surface area contributed by atoms with E-state index in [4.69, 9.17) is 16.7 Å². The number of hydrogen-bond acceptors (Lipinski definition) is 2. The van der Waals surface area contributed by atoms with Gasteiger partial charge >= 0.3 is 5.97 Å². The zero-order valence-electron chi connectivity index (χ0n) is 10.7. The standard InChI is InChI=1S/C15H14ClNO2/c1-10-6-7-14(13(16)8-10)17(2)12-5-3-4-11(9-12)15(18)19/h3-9H,1-2H3,(H,18,19). The fourth-order valence-electron chi connectivity index (χ4n) is 1.87. The Kier molecular flexibility index (Phi) is 3.76. The van der Waals surface area contributed by atoms with Crippen molar-refractivity contribution in [3.8, 4) is 0 Å². The highest BCUT2D eigenvalue weighted by Gasteiger charge is 2.10. The summed E-state index contributed by atoms with van der Waals surface area (Å²) >= 11 is 6.22. The summed E-state index contributed by atoms with van der Waals surface area (Å²) in [5.41, 5.74) is 2.97. The molecule has 19 heavy (non-hydrogen) atoms. The summed E-state index contributed by atoms with van der Waals surface area (Å²) in [6, 6.07) is 12.5. The third-order valence-corrected chi connectivity index (χ3v) is 3.25. The van der Waals surface area contributed by atoms with Gasteiger partial charge in [0.2, 0.25) is 0 Å². The van der Waals surface area contributed by atoms with Crippen LogP contribution in [0.4, 0.5) is 11.4 Å². The SMILES string of the molecule is Cc1ccc(N(C)c2cccc(C(=O)O)c2)c(Cl)c1. The third kappa shape index (κ3) is 2.88. The average molecular weight is 276 g/mol. The molecule has 2 rings (SSSR count). The molecule has 4 heteroatoms. The van der Waals surface area contributed by atoms with E-state index in [1.54, 1.807) is 18.2 Å². The number of anilines is 2. The van der Waals surface area contributed by atoms with Crippen LogP contribution in [0, 0.1) is 6.92 Å². The van der Waals surface area contributed by atoms with Crippen molar-refractivity contribution in [2.45, 2.75) is 6.92 Å². The van der Waals surface area contributed by atoms with Crippen LogP contribution >= 0.6 is 11.6 Å². The Morgan fingerprint density at radius 1 is 1.21 bits per heavy atom. The molecule has 2 aromatic carbocycles. The van der Waals surface area contributed by atoms with Crippen molar-refractivity contribution in [3.63, 3.8) is 0 Å². The molecule has 0 spiro atoms. The van der Waals surface area contributed by atoms with Crippen LogP contribution in [0.5, 0.6) is 0 Å². The van der Waals surface area contributed by atoms with Crippen molar-refractivity contribution in [3.05, 3.63) is 58.6 Å². The molecule has 0 saturated carbocycles. The molecular weight excluding hydrogens is 262 g/mol. The predicted molar refractivity (Wildman–Crippen MR) is 77.7 cm³/mol. The van der Waals surface area contributed by atoms with Crippen LogP contribution in [0.2, 0.25) is 5.02 Å². The maximum absolute atomic E-state index is 11.0. The Labute approximate surface area is 117 Å². The number of carbonyl (C=O) groups is 1. The van der Waals surface area contributed by atoms with Gasteiger partial charge in [-0.05, 0) is 42.8 Å². The number of aryl methyl sites for hydroxylation is 1. The first kappa shape index (κ1) is 13.4. The molecule has 0 amide bonds. The van der Waals surface area contributed by atoms with Crippen molar-refractivity contribution in [1.29, 1.82) is 0 Å². The van der Waals surface area contributed by atoms with Crippen LogP contribution in [-0.2, 0) is 0 Å². The molecule has 0 atom stereocenters. The molecule has 0 bridgehead atoms. The lowest BCUT2D eigenvalue weighted by molar-refractivity contribution is 0.0697. The zero-order chi connectivity index (χ0) is 14.0. The molecule has 0 aliphatic heterocycles. The zero-order valence-corrected chi connectivity index (χ0v) is 11.5. The van der Waals surface area contributed by atoms with Gasteiger partial charge in [-0.15, -0.1) is 0 Å². The molecule has 0 unspecified atom stereocenters. The van der Waals surface area contributed by atoms with Crippen LogP contribution in [-0.4, -0.2) is 18.1 Å². The van der Waals surface area contributed by atoms with Gasteiger partial charge in [0.25, 0.3) is 0 Å². The molecule has 0 heterocycles. The summed E-state index contributed by atoms with van der Waals surface area (Å²) in [6.07, 6.45) is 0. The van der Waals surface area contributed by atoms with Gasteiger partial charge in [0, 0.05) is 12.7 Å². The monoisotopic (exact) mass is 275 g/mol. The lowest BCUT2D eigenvalue weighted by Crippen LogP contribution is -2.11. The Bertz CT molecular complexity index is 625. The number of carboxylic acids is 1. The summed E-state index contributed by atoms with van der Waals surface area (Å²) < 4.78 is 0. The van der Waals surface area contributed by atoms with Gasteiger partial charge in [0.15, 0.2) is 0 Å². The molecule has 0 aliphatic carbocycles. The average Bonchev–Trinajstić information content (AvgIpc) is 2.38. The Morgan fingerprint density at radius 2 is 1.95 bits per heavy atom. The van der Waals surface area contributed by atoms with Gasteiger partial charge in [0.1, 0.15) is 0 Å². The second-order valence-electron chi connectivity index (χ2n) is 4.37. The smallest absolute Gasteiger partial charge is 0.335 e. The van der Waals surface area contributed by atoms with Gasteiger partial charge < -0.3 is 10.0 Å². The van der Waals surface area contributed by atoms with E-state index in [0.29, 0.717) is 5.02 Å². The summed E-state index contributed by atoms with van der Waals surface area (Å²) in [5, 5.41) is 9.65. The Morgan fingerprint density at radius 3 is 2.58 bits per heavy atom. The number of aromatic carboxylic acids is 1. The highest BCUT2D eigenvalue weighted by atomic mass is 35.5. The van der Waals surface area contributed by atoms with Gasteiger partial charge in [-0.25, -0.2) is 4.79 Å². The lowest BCUT2D eigenvalue weighted by Gasteiger charge is -2.21. The topological polar surface area (TPSA) is 40.5 Å². The summed E-state index contributed by atoms with van der Waals surface area (Å²) in [7, 11) is 1.86. The molecule has 1 N–H and O–H groups in total. The maximum atomic E-state index is 11.0. The largest absolute Gasteiger partial charge is 0.478 e. The van der Waals surface area contributed by atoms with Crippen molar-refractivity contribution < 1.29 is 9.90 Å². The maximum Gasteiger partial charge on any atom is 0.335 e. The van der Waals surface area contributed by atoms with Crippen molar-refractivity contribution in [2.24, 2.45) is 0 Å². The highest BCUT2D eigenvalue weighted by Crippen LogP contribution is 2.31. The normalized spacial score (nSPS) is 10.3. The first-order valence-corrected chi connectivity index (χ1v) is 6.20. The molecule has 0 radical (unpaired) electrons. The van der Waals surface area contributed by atoms with E-state index in [1.165, 1.54) is 0 Å². The van der Waals surface area contributed by atoms with E-state index < -0.39 is 5.97 Å².